The summed E-state index contributed by atoms with van der Waals surface area (Å²) < 4.78 is 23.5. The maximum atomic E-state index is 11.1. The van der Waals surface area contributed by atoms with Gasteiger partial charge in [0, 0.05) is 6.54 Å². The Morgan fingerprint density at radius 2 is 2.00 bits per heavy atom. The maximum Gasteiger partial charge on any atom is 0.295 e. The first-order chi connectivity index (χ1) is 7.95. The predicted octanol–water partition coefficient (Wildman–Crippen LogP) is 0.956. The first-order valence-corrected chi connectivity index (χ1v) is 9.44. The van der Waals surface area contributed by atoms with Crippen LogP contribution in [-0.2, 0) is 12.0 Å². The number of halogens is 1. The zero-order valence-electron chi connectivity index (χ0n) is 9.75. The zero-order valence-corrected chi connectivity index (χ0v) is 12.7. The Kier molecular flexibility index (Phi) is 9.49. The lowest BCUT2D eigenvalue weighted by Gasteiger charge is -1.99. The molecule has 0 heterocycles. The number of nitrogens with one attached hydrogen (secondary N) is 2. The molecule has 0 aromatic heterocycles. The van der Waals surface area contributed by atoms with Crippen LogP contribution in [0.25, 0.3) is 0 Å². The van der Waals surface area contributed by atoms with Gasteiger partial charge in [0.15, 0.2) is 0 Å². The topological polar surface area (TPSA) is 75.3 Å². The van der Waals surface area contributed by atoms with Crippen LogP contribution < -0.4 is 10.0 Å². The largest absolute Gasteiger partial charge is 0.345 e. The molecule has 0 saturated carbocycles. The minimum atomic E-state index is -3.26. The molecule has 0 aromatic carbocycles. The van der Waals surface area contributed by atoms with Gasteiger partial charge >= 0.3 is 0 Å². The van der Waals surface area contributed by atoms with Gasteiger partial charge in [0.05, 0.1) is 27.8 Å². The summed E-state index contributed by atoms with van der Waals surface area (Å²) in [5.41, 5.74) is 0. The lowest BCUT2D eigenvalue weighted by Crippen LogP contribution is -2.23. The van der Waals surface area contributed by atoms with E-state index in [0.29, 0.717) is 6.54 Å². The van der Waals surface area contributed by atoms with E-state index < -0.39 is 7.19 Å². The van der Waals surface area contributed by atoms with Crippen molar-refractivity contribution < 1.29 is 13.2 Å². The Hall–Kier alpha value is -0.330. The molecule has 0 aromatic rings. The molecule has 0 unspecified atom stereocenters. The molecule has 0 saturated heterocycles. The van der Waals surface area contributed by atoms with Crippen LogP contribution in [0.5, 0.6) is 0 Å². The summed E-state index contributed by atoms with van der Waals surface area (Å²) in [6.45, 7) is 2.69. The van der Waals surface area contributed by atoms with Crippen LogP contribution in [-0.4, -0.2) is 27.4 Å². The number of unbranched alkanes of at least 4 members (excludes halogenated alkanes) is 3. The molecule has 7 heteroatoms. The monoisotopic (exact) mass is 372 g/mol. The summed E-state index contributed by atoms with van der Waals surface area (Å²) in [5, 5.41) is 2.65. The average molecular weight is 372 g/mol. The van der Waals surface area contributed by atoms with Gasteiger partial charge in [-0.25, -0.2) is 8.42 Å². The molecular weight excluding hydrogens is 355 g/mol. The van der Waals surface area contributed by atoms with Crippen LogP contribution in [0.2, 0.25) is 0 Å². The third-order valence-electron chi connectivity index (χ3n) is 1.85. The number of carbonyl (C=O) groups is 1. The standard InChI is InChI=1S/C10H17IN2O3S/c1-2-3-4-5-8-12-10(14)7-6-9-13-17(11,15)16/h13H,2-5,8-9H2,1H3,(H,12,14). The molecule has 0 spiro atoms. The molecule has 1 amide bonds. The molecule has 98 valence electrons. The van der Waals surface area contributed by atoms with Gasteiger partial charge in [0.25, 0.3) is 13.1 Å². The molecule has 0 aliphatic rings. The van der Waals surface area contributed by atoms with Crippen molar-refractivity contribution in [3.05, 3.63) is 0 Å². The number of rotatable bonds is 7. The lowest BCUT2D eigenvalue weighted by atomic mass is 10.2. The van der Waals surface area contributed by atoms with E-state index in [1.807, 2.05) is 0 Å². The predicted molar refractivity (Wildman–Crippen MR) is 75.9 cm³/mol. The fraction of sp³-hybridized carbons (Fsp3) is 0.700. The highest BCUT2D eigenvalue weighted by molar-refractivity contribution is 14.2. The fourth-order valence-electron chi connectivity index (χ4n) is 1.04. The fourth-order valence-corrected chi connectivity index (χ4v) is 1.76. The maximum absolute atomic E-state index is 11.1. The van der Waals surface area contributed by atoms with Crippen LogP contribution >= 0.6 is 21.2 Å². The van der Waals surface area contributed by atoms with Gasteiger partial charge in [-0.3, -0.25) is 4.79 Å². The van der Waals surface area contributed by atoms with E-state index in [1.165, 1.54) is 27.6 Å². The van der Waals surface area contributed by atoms with Gasteiger partial charge in [-0.1, -0.05) is 32.1 Å². The summed E-state index contributed by atoms with van der Waals surface area (Å²) in [7, 11) is -3.26. The zero-order chi connectivity index (χ0) is 13.1. The van der Waals surface area contributed by atoms with Crippen molar-refractivity contribution in [3.8, 4) is 11.8 Å². The summed E-state index contributed by atoms with van der Waals surface area (Å²) in [5.74, 6) is 4.39. The molecule has 0 rings (SSSR count). The summed E-state index contributed by atoms with van der Waals surface area (Å²) in [4.78, 5) is 11.1. The van der Waals surface area contributed by atoms with E-state index in [4.69, 9.17) is 0 Å². The highest BCUT2D eigenvalue weighted by Gasteiger charge is 1.99. The Labute approximate surface area is 115 Å². The van der Waals surface area contributed by atoms with Gasteiger partial charge in [-0.15, -0.1) is 0 Å². The first kappa shape index (κ1) is 16.7. The van der Waals surface area contributed by atoms with Crippen molar-refractivity contribution >= 4 is 34.3 Å². The summed E-state index contributed by atoms with van der Waals surface area (Å²) >= 11 is 1.26. The Bertz CT molecular complexity index is 384. The van der Waals surface area contributed by atoms with Crippen LogP contribution in [0.15, 0.2) is 0 Å². The summed E-state index contributed by atoms with van der Waals surface area (Å²) in [6, 6.07) is 0. The van der Waals surface area contributed by atoms with E-state index in [-0.39, 0.29) is 12.5 Å². The number of carbonyl (C=O) groups excluding carboxylic acids is 1. The SMILES string of the molecule is CCCCCCNC(=O)C#CCNS(=O)(=O)I. The lowest BCUT2D eigenvalue weighted by molar-refractivity contribution is -0.115. The van der Waals surface area contributed by atoms with Crippen molar-refractivity contribution in [3.63, 3.8) is 0 Å². The van der Waals surface area contributed by atoms with Crippen molar-refractivity contribution in [1.82, 2.24) is 10.0 Å². The Morgan fingerprint density at radius 3 is 2.59 bits per heavy atom. The molecule has 0 aliphatic carbocycles. The van der Waals surface area contributed by atoms with E-state index in [0.717, 1.165) is 19.3 Å². The van der Waals surface area contributed by atoms with Crippen molar-refractivity contribution in [2.45, 2.75) is 32.6 Å². The number of hydrogen-bond donors (Lipinski definition) is 2. The normalized spacial score (nSPS) is 10.5. The van der Waals surface area contributed by atoms with Gasteiger partial charge < -0.3 is 5.32 Å². The third-order valence-corrected chi connectivity index (χ3v) is 3.27. The van der Waals surface area contributed by atoms with Gasteiger partial charge in [-0.2, -0.15) is 4.72 Å². The van der Waals surface area contributed by atoms with Gasteiger partial charge in [-0.05, 0) is 12.3 Å². The molecule has 0 radical (unpaired) electrons. The van der Waals surface area contributed by atoms with Crippen molar-refractivity contribution in [1.29, 1.82) is 0 Å². The molecule has 17 heavy (non-hydrogen) atoms. The highest BCUT2D eigenvalue weighted by Crippen LogP contribution is 1.96. The first-order valence-electron chi connectivity index (χ1n) is 5.41. The van der Waals surface area contributed by atoms with E-state index in [1.54, 1.807) is 0 Å². The molecule has 0 aliphatic heterocycles. The number of hydrogen-bond acceptors (Lipinski definition) is 3. The van der Waals surface area contributed by atoms with E-state index >= 15 is 0 Å². The Balaban J connectivity index is 3.62. The second-order valence-electron chi connectivity index (χ2n) is 3.38. The summed E-state index contributed by atoms with van der Waals surface area (Å²) in [6.07, 6.45) is 4.36. The van der Waals surface area contributed by atoms with Crippen LogP contribution in [0, 0.1) is 11.8 Å². The molecule has 5 nitrogen and oxygen atoms in total. The van der Waals surface area contributed by atoms with E-state index in [2.05, 4.69) is 28.8 Å². The van der Waals surface area contributed by atoms with Crippen LogP contribution in [0.4, 0.5) is 0 Å². The van der Waals surface area contributed by atoms with Crippen molar-refractivity contribution in [2.75, 3.05) is 13.1 Å². The smallest absolute Gasteiger partial charge is 0.295 e. The minimum Gasteiger partial charge on any atom is -0.345 e. The molecule has 2 N–H and O–H groups in total. The van der Waals surface area contributed by atoms with E-state index in [9.17, 15) is 13.2 Å². The van der Waals surface area contributed by atoms with Crippen LogP contribution in [0.1, 0.15) is 32.6 Å². The van der Waals surface area contributed by atoms with Crippen molar-refractivity contribution in [2.24, 2.45) is 0 Å². The minimum absolute atomic E-state index is 0.0471. The number of amides is 1. The molecular formula is C10H17IN2O3S. The molecule has 0 fully saturated rings. The van der Waals surface area contributed by atoms with Gasteiger partial charge in [0.1, 0.15) is 0 Å². The molecule has 0 atom stereocenters. The second kappa shape index (κ2) is 9.67. The third kappa shape index (κ3) is 13.6. The Morgan fingerprint density at radius 1 is 1.29 bits per heavy atom. The molecule has 0 bridgehead atoms. The highest BCUT2D eigenvalue weighted by atomic mass is 127. The average Bonchev–Trinajstić information content (AvgIpc) is 2.23. The quantitative estimate of drug-likeness (QED) is 0.303. The van der Waals surface area contributed by atoms with Gasteiger partial charge in [0.2, 0.25) is 0 Å². The van der Waals surface area contributed by atoms with Crippen LogP contribution in [0.3, 0.4) is 0 Å². The second-order valence-corrected chi connectivity index (χ2v) is 8.02.